The van der Waals surface area contributed by atoms with Gasteiger partial charge >= 0.3 is 0 Å². The fourth-order valence-electron chi connectivity index (χ4n) is 3.01. The predicted molar refractivity (Wildman–Crippen MR) is 86.8 cm³/mol. The number of hydrogen-bond acceptors (Lipinski definition) is 3. The van der Waals surface area contributed by atoms with E-state index in [2.05, 4.69) is 10.4 Å². The van der Waals surface area contributed by atoms with Crippen LogP contribution in [0.4, 0.5) is 0 Å². The molecule has 1 aliphatic carbocycles. The van der Waals surface area contributed by atoms with Crippen molar-refractivity contribution in [3.05, 3.63) is 18.5 Å². The average molecular weight is 308 g/mol. The first-order chi connectivity index (χ1) is 10.0. The summed E-state index contributed by atoms with van der Waals surface area (Å²) < 4.78 is 1.81. The number of carbonyl (C=O) groups is 1. The predicted octanol–water partition coefficient (Wildman–Crippen LogP) is 2.01. The van der Waals surface area contributed by atoms with E-state index in [1.807, 2.05) is 23.9 Å². The van der Waals surface area contributed by atoms with Crippen LogP contribution in [0.15, 0.2) is 18.5 Å². The summed E-state index contributed by atoms with van der Waals surface area (Å²) >= 11 is 5.23. The molecule has 5 nitrogen and oxygen atoms in total. The first-order valence-corrected chi connectivity index (χ1v) is 8.04. The van der Waals surface area contributed by atoms with Crippen LogP contribution in [0.1, 0.15) is 45.4 Å². The van der Waals surface area contributed by atoms with E-state index >= 15 is 0 Å². The van der Waals surface area contributed by atoms with Gasteiger partial charge in [-0.1, -0.05) is 37.9 Å². The first-order valence-electron chi connectivity index (χ1n) is 7.63. The van der Waals surface area contributed by atoms with Crippen molar-refractivity contribution in [2.24, 2.45) is 11.1 Å². The van der Waals surface area contributed by atoms with Gasteiger partial charge in [-0.25, -0.2) is 0 Å². The lowest BCUT2D eigenvalue weighted by Crippen LogP contribution is -2.51. The number of nitrogens with two attached hydrogens (primary N) is 1. The summed E-state index contributed by atoms with van der Waals surface area (Å²) in [4.78, 5) is 13.1. The third kappa shape index (κ3) is 3.81. The van der Waals surface area contributed by atoms with Gasteiger partial charge in [0, 0.05) is 18.4 Å². The van der Waals surface area contributed by atoms with E-state index in [1.54, 1.807) is 6.20 Å². The summed E-state index contributed by atoms with van der Waals surface area (Å²) in [6.45, 7) is 2.62. The smallest absolute Gasteiger partial charge is 0.233 e. The summed E-state index contributed by atoms with van der Waals surface area (Å²) in [5.74, 6) is -0.0171. The summed E-state index contributed by atoms with van der Waals surface area (Å²) in [6.07, 6.45) is 9.48. The van der Waals surface area contributed by atoms with Crippen LogP contribution < -0.4 is 11.1 Å². The molecule has 116 valence electrons. The average Bonchev–Trinajstić information content (AvgIpc) is 2.79. The maximum atomic E-state index is 12.7. The summed E-state index contributed by atoms with van der Waals surface area (Å²) in [6, 6.07) is 1.86. The molecule has 1 amide bonds. The van der Waals surface area contributed by atoms with E-state index in [9.17, 15) is 4.79 Å². The summed E-state index contributed by atoms with van der Waals surface area (Å²) in [5.41, 5.74) is 5.27. The molecule has 1 fully saturated rings. The number of aromatic nitrogens is 2. The van der Waals surface area contributed by atoms with Crippen molar-refractivity contribution >= 4 is 23.1 Å². The molecule has 1 atom stereocenters. The van der Waals surface area contributed by atoms with Gasteiger partial charge in [0.05, 0.1) is 16.9 Å². The Hall–Kier alpha value is -1.43. The Morgan fingerprint density at radius 3 is 2.62 bits per heavy atom. The van der Waals surface area contributed by atoms with E-state index in [0.717, 1.165) is 38.5 Å². The highest BCUT2D eigenvalue weighted by atomic mass is 32.1. The second kappa shape index (κ2) is 7.02. The number of nitrogens with one attached hydrogen (secondary N) is 1. The number of thiocarbonyl (C=S) groups is 1. The van der Waals surface area contributed by atoms with Crippen LogP contribution >= 0.6 is 12.2 Å². The van der Waals surface area contributed by atoms with E-state index < -0.39 is 5.41 Å². The molecule has 3 N–H and O–H groups in total. The molecule has 0 aromatic carbocycles. The lowest BCUT2D eigenvalue weighted by Gasteiger charge is -2.31. The fraction of sp³-hybridized carbons (Fsp3) is 0.667. The van der Waals surface area contributed by atoms with E-state index in [1.165, 1.54) is 0 Å². The molecule has 1 saturated carbocycles. The van der Waals surface area contributed by atoms with Crippen molar-refractivity contribution in [1.82, 2.24) is 15.1 Å². The molecular formula is C15H24N4OS. The zero-order valence-electron chi connectivity index (χ0n) is 12.5. The standard InChI is InChI=1S/C15H24N4OS/c1-12(11-19-10-6-9-17-19)18-14(20)15(13(16)21)7-4-2-3-5-8-15/h6,9-10,12H,2-5,7-8,11H2,1H3,(H2,16,21)(H,18,20). The molecule has 0 saturated heterocycles. The zero-order chi connectivity index (χ0) is 15.3. The Bertz CT molecular complexity index is 478. The number of amides is 1. The Kier molecular flexibility index (Phi) is 5.33. The third-order valence-electron chi connectivity index (χ3n) is 4.26. The number of rotatable bonds is 5. The fourth-order valence-corrected chi connectivity index (χ4v) is 3.31. The molecule has 0 aliphatic heterocycles. The first kappa shape index (κ1) is 15.9. The molecule has 6 heteroatoms. The minimum Gasteiger partial charge on any atom is -0.392 e. The number of carbonyl (C=O) groups excluding carboxylic acids is 1. The minimum atomic E-state index is -0.662. The van der Waals surface area contributed by atoms with Crippen molar-refractivity contribution in [1.29, 1.82) is 0 Å². The molecule has 1 unspecified atom stereocenters. The second-order valence-corrected chi connectivity index (χ2v) is 6.40. The van der Waals surface area contributed by atoms with Crippen molar-refractivity contribution in [2.45, 2.75) is 58.0 Å². The lowest BCUT2D eigenvalue weighted by molar-refractivity contribution is -0.128. The molecule has 1 aromatic heterocycles. The quantitative estimate of drug-likeness (QED) is 0.645. The van der Waals surface area contributed by atoms with Gasteiger partial charge in [-0.2, -0.15) is 5.10 Å². The maximum Gasteiger partial charge on any atom is 0.233 e. The maximum absolute atomic E-state index is 12.7. The van der Waals surface area contributed by atoms with Crippen molar-refractivity contribution in [3.63, 3.8) is 0 Å². The highest BCUT2D eigenvalue weighted by Crippen LogP contribution is 2.35. The lowest BCUT2D eigenvalue weighted by atomic mass is 9.79. The second-order valence-electron chi connectivity index (χ2n) is 5.96. The van der Waals surface area contributed by atoms with Gasteiger partial charge in [-0.05, 0) is 25.8 Å². The zero-order valence-corrected chi connectivity index (χ0v) is 13.4. The van der Waals surface area contributed by atoms with Gasteiger partial charge in [0.2, 0.25) is 5.91 Å². The van der Waals surface area contributed by atoms with Crippen LogP contribution in [0.5, 0.6) is 0 Å². The molecule has 0 spiro atoms. The van der Waals surface area contributed by atoms with Gasteiger partial charge in [0.25, 0.3) is 0 Å². The Labute approximate surface area is 131 Å². The third-order valence-corrected chi connectivity index (χ3v) is 4.65. The molecule has 2 rings (SSSR count). The SMILES string of the molecule is CC(Cn1cccn1)NC(=O)C1(C(N)=S)CCCCCC1. The van der Waals surface area contributed by atoms with Gasteiger partial charge in [-0.3, -0.25) is 9.48 Å². The van der Waals surface area contributed by atoms with Crippen LogP contribution in [-0.2, 0) is 11.3 Å². The highest BCUT2D eigenvalue weighted by Gasteiger charge is 2.41. The summed E-state index contributed by atoms with van der Waals surface area (Å²) in [5, 5.41) is 7.23. The topological polar surface area (TPSA) is 72.9 Å². The van der Waals surface area contributed by atoms with Gasteiger partial charge in [0.15, 0.2) is 0 Å². The molecular weight excluding hydrogens is 284 g/mol. The van der Waals surface area contributed by atoms with Crippen LogP contribution in [0, 0.1) is 5.41 Å². The van der Waals surface area contributed by atoms with Crippen LogP contribution in [-0.4, -0.2) is 26.7 Å². The van der Waals surface area contributed by atoms with E-state index in [0.29, 0.717) is 11.5 Å². The van der Waals surface area contributed by atoms with Gasteiger partial charge < -0.3 is 11.1 Å². The summed E-state index contributed by atoms with van der Waals surface area (Å²) in [7, 11) is 0. The van der Waals surface area contributed by atoms with Gasteiger partial charge in [0.1, 0.15) is 0 Å². The van der Waals surface area contributed by atoms with E-state index in [-0.39, 0.29) is 11.9 Å². The monoisotopic (exact) mass is 308 g/mol. The van der Waals surface area contributed by atoms with Crippen molar-refractivity contribution < 1.29 is 4.79 Å². The molecule has 1 heterocycles. The van der Waals surface area contributed by atoms with Crippen molar-refractivity contribution in [2.75, 3.05) is 0 Å². The minimum absolute atomic E-state index is 0.00752. The molecule has 21 heavy (non-hydrogen) atoms. The van der Waals surface area contributed by atoms with E-state index in [4.69, 9.17) is 18.0 Å². The number of nitrogens with zero attached hydrogens (tertiary/aromatic N) is 2. The largest absolute Gasteiger partial charge is 0.392 e. The van der Waals surface area contributed by atoms with Crippen LogP contribution in [0.25, 0.3) is 0 Å². The van der Waals surface area contributed by atoms with Crippen LogP contribution in [0.3, 0.4) is 0 Å². The van der Waals surface area contributed by atoms with Crippen molar-refractivity contribution in [3.8, 4) is 0 Å². The van der Waals surface area contributed by atoms with Gasteiger partial charge in [-0.15, -0.1) is 0 Å². The van der Waals surface area contributed by atoms with Crippen LogP contribution in [0.2, 0.25) is 0 Å². The molecule has 0 bridgehead atoms. The Morgan fingerprint density at radius 2 is 2.10 bits per heavy atom. The normalized spacial score (nSPS) is 19.5. The molecule has 1 aromatic rings. The molecule has 0 radical (unpaired) electrons. The molecule has 1 aliphatic rings. The number of hydrogen-bond donors (Lipinski definition) is 2. The Balaban J connectivity index is 2.02. The Morgan fingerprint density at radius 1 is 1.43 bits per heavy atom. The highest BCUT2D eigenvalue weighted by molar-refractivity contribution is 7.80.